The minimum Gasteiger partial charge on any atom is -0.356 e. The molecule has 3 aromatic rings. The van der Waals surface area contributed by atoms with E-state index in [0.29, 0.717) is 0 Å². The van der Waals surface area contributed by atoms with Gasteiger partial charge in [-0.3, -0.25) is 4.99 Å². The zero-order valence-corrected chi connectivity index (χ0v) is 15.0. The van der Waals surface area contributed by atoms with Gasteiger partial charge in [-0.25, -0.2) is 4.98 Å². The summed E-state index contributed by atoms with van der Waals surface area (Å²) in [6, 6.07) is 16.0. The third-order valence-electron chi connectivity index (χ3n) is 3.96. The van der Waals surface area contributed by atoms with Crippen LogP contribution in [0.5, 0.6) is 0 Å². The Bertz CT molecular complexity index is 823. The van der Waals surface area contributed by atoms with Crippen LogP contribution in [0.3, 0.4) is 0 Å². The van der Waals surface area contributed by atoms with Crippen molar-refractivity contribution in [3.05, 3.63) is 64.9 Å². The molecule has 0 amide bonds. The number of halogens is 1. The van der Waals surface area contributed by atoms with Crippen molar-refractivity contribution in [1.82, 2.24) is 20.6 Å². The van der Waals surface area contributed by atoms with E-state index in [0.717, 1.165) is 59.3 Å². The van der Waals surface area contributed by atoms with Gasteiger partial charge < -0.3 is 15.6 Å². The summed E-state index contributed by atoms with van der Waals surface area (Å²) in [5, 5.41) is 7.42. The molecule has 6 heteroatoms. The predicted octanol–water partition coefficient (Wildman–Crippen LogP) is 3.17. The summed E-state index contributed by atoms with van der Waals surface area (Å²) in [5.41, 5.74) is 3.20. The Morgan fingerprint density at radius 1 is 1.04 bits per heavy atom. The first-order chi connectivity index (χ1) is 12.3. The molecule has 0 bridgehead atoms. The molecule has 1 aromatic heterocycles. The van der Waals surface area contributed by atoms with Gasteiger partial charge in [-0.1, -0.05) is 41.9 Å². The Morgan fingerprint density at radius 2 is 1.76 bits per heavy atom. The van der Waals surface area contributed by atoms with Crippen molar-refractivity contribution in [3.63, 3.8) is 0 Å². The molecule has 2 aromatic carbocycles. The number of H-pyrrole nitrogens is 1. The van der Waals surface area contributed by atoms with Gasteiger partial charge in [0.1, 0.15) is 5.82 Å². The first-order valence-corrected chi connectivity index (χ1v) is 8.75. The molecule has 0 saturated heterocycles. The number of guanidine groups is 1. The lowest BCUT2D eigenvalue weighted by Crippen LogP contribution is -2.39. The Hall–Kier alpha value is -2.53. The normalized spacial score (nSPS) is 11.7. The fraction of sp³-hybridized carbons (Fsp3) is 0.263. The van der Waals surface area contributed by atoms with Crippen molar-refractivity contribution in [2.45, 2.75) is 12.8 Å². The molecule has 0 saturated carbocycles. The molecule has 0 radical (unpaired) electrons. The van der Waals surface area contributed by atoms with Gasteiger partial charge in [-0.15, -0.1) is 0 Å². The molecule has 0 fully saturated rings. The van der Waals surface area contributed by atoms with Gasteiger partial charge in [0.25, 0.3) is 0 Å². The van der Waals surface area contributed by atoms with Gasteiger partial charge in [0, 0.05) is 31.6 Å². The van der Waals surface area contributed by atoms with Crippen molar-refractivity contribution >= 4 is 28.6 Å². The topological polar surface area (TPSA) is 65.1 Å². The quantitative estimate of drug-likeness (QED) is 0.470. The fourth-order valence-electron chi connectivity index (χ4n) is 2.66. The van der Waals surface area contributed by atoms with E-state index >= 15 is 0 Å². The molecule has 3 rings (SSSR count). The highest BCUT2D eigenvalue weighted by molar-refractivity contribution is 6.31. The standard InChI is InChI=1S/C19H22ClN5/c1-21-19(22-12-10-14-6-2-3-7-15(14)20)23-13-11-18-24-16-8-4-5-9-17(16)25-18/h2-9H,10-13H2,1H3,(H,24,25)(H2,21,22,23). The summed E-state index contributed by atoms with van der Waals surface area (Å²) < 4.78 is 0. The van der Waals surface area contributed by atoms with Crippen LogP contribution < -0.4 is 10.6 Å². The maximum atomic E-state index is 6.17. The number of aliphatic imine (C=N–C) groups is 1. The molecule has 3 N–H and O–H groups in total. The molecule has 130 valence electrons. The summed E-state index contributed by atoms with van der Waals surface area (Å²) in [7, 11) is 1.77. The molecule has 0 aliphatic heterocycles. The van der Waals surface area contributed by atoms with Crippen LogP contribution in [-0.2, 0) is 12.8 Å². The summed E-state index contributed by atoms with van der Waals surface area (Å²) in [4.78, 5) is 12.2. The van der Waals surface area contributed by atoms with Crippen molar-refractivity contribution in [1.29, 1.82) is 0 Å². The highest BCUT2D eigenvalue weighted by Gasteiger charge is 2.03. The van der Waals surface area contributed by atoms with E-state index in [9.17, 15) is 0 Å². The number of aromatic amines is 1. The molecular formula is C19H22ClN5. The van der Waals surface area contributed by atoms with Crippen LogP contribution in [0.4, 0.5) is 0 Å². The highest BCUT2D eigenvalue weighted by atomic mass is 35.5. The minimum atomic E-state index is 0.756. The van der Waals surface area contributed by atoms with E-state index in [-0.39, 0.29) is 0 Å². The average Bonchev–Trinajstić information content (AvgIpc) is 3.04. The number of imidazole rings is 1. The van der Waals surface area contributed by atoms with Crippen LogP contribution in [0.15, 0.2) is 53.5 Å². The molecule has 0 aliphatic carbocycles. The van der Waals surface area contributed by atoms with Crippen molar-refractivity contribution in [2.75, 3.05) is 20.1 Å². The third kappa shape index (κ3) is 4.73. The number of fused-ring (bicyclic) bond motifs is 1. The van der Waals surface area contributed by atoms with Gasteiger partial charge >= 0.3 is 0 Å². The molecule has 0 atom stereocenters. The molecule has 0 unspecified atom stereocenters. The van der Waals surface area contributed by atoms with E-state index in [4.69, 9.17) is 11.6 Å². The second kappa shape index (κ2) is 8.53. The van der Waals surface area contributed by atoms with Crippen LogP contribution in [0.25, 0.3) is 11.0 Å². The maximum Gasteiger partial charge on any atom is 0.191 e. The van der Waals surface area contributed by atoms with Gasteiger partial charge in [0.2, 0.25) is 0 Å². The summed E-state index contributed by atoms with van der Waals surface area (Å²) in [6.45, 7) is 1.53. The number of rotatable bonds is 6. The molecule has 5 nitrogen and oxygen atoms in total. The second-order valence-electron chi connectivity index (χ2n) is 5.72. The molecular weight excluding hydrogens is 334 g/mol. The lowest BCUT2D eigenvalue weighted by atomic mass is 10.1. The maximum absolute atomic E-state index is 6.17. The van der Waals surface area contributed by atoms with Crippen LogP contribution >= 0.6 is 11.6 Å². The largest absolute Gasteiger partial charge is 0.356 e. The number of benzene rings is 2. The van der Waals surface area contributed by atoms with Crippen molar-refractivity contribution < 1.29 is 0 Å². The van der Waals surface area contributed by atoms with Gasteiger partial charge in [-0.05, 0) is 30.2 Å². The summed E-state index contributed by atoms with van der Waals surface area (Å²) >= 11 is 6.17. The van der Waals surface area contributed by atoms with E-state index < -0.39 is 0 Å². The smallest absolute Gasteiger partial charge is 0.191 e. The zero-order chi connectivity index (χ0) is 17.5. The van der Waals surface area contributed by atoms with Crippen LogP contribution in [-0.4, -0.2) is 36.1 Å². The lowest BCUT2D eigenvalue weighted by molar-refractivity contribution is 0.770. The third-order valence-corrected chi connectivity index (χ3v) is 4.33. The monoisotopic (exact) mass is 355 g/mol. The number of aromatic nitrogens is 2. The first-order valence-electron chi connectivity index (χ1n) is 8.38. The molecule has 0 spiro atoms. The predicted molar refractivity (Wildman–Crippen MR) is 104 cm³/mol. The number of nitrogens with one attached hydrogen (secondary N) is 3. The summed E-state index contributed by atoms with van der Waals surface area (Å²) in [6.07, 6.45) is 1.66. The van der Waals surface area contributed by atoms with E-state index in [1.54, 1.807) is 7.05 Å². The first kappa shape index (κ1) is 17.3. The van der Waals surface area contributed by atoms with E-state index in [1.165, 1.54) is 0 Å². The molecule has 25 heavy (non-hydrogen) atoms. The number of hydrogen-bond acceptors (Lipinski definition) is 2. The Balaban J connectivity index is 1.44. The van der Waals surface area contributed by atoms with Crippen molar-refractivity contribution in [3.8, 4) is 0 Å². The second-order valence-corrected chi connectivity index (χ2v) is 6.13. The van der Waals surface area contributed by atoms with Crippen LogP contribution in [0.1, 0.15) is 11.4 Å². The fourth-order valence-corrected chi connectivity index (χ4v) is 2.89. The van der Waals surface area contributed by atoms with E-state index in [2.05, 4.69) is 25.6 Å². The van der Waals surface area contributed by atoms with Gasteiger partial charge in [0.05, 0.1) is 11.0 Å². The zero-order valence-electron chi connectivity index (χ0n) is 14.2. The number of hydrogen-bond donors (Lipinski definition) is 3. The Labute approximate surface area is 152 Å². The Morgan fingerprint density at radius 3 is 2.52 bits per heavy atom. The number of para-hydroxylation sites is 2. The number of nitrogens with zero attached hydrogens (tertiary/aromatic N) is 2. The summed E-state index contributed by atoms with van der Waals surface area (Å²) in [5.74, 6) is 1.75. The molecule has 1 heterocycles. The SMILES string of the molecule is CN=C(NCCc1nc2ccccc2[nH]1)NCCc1ccccc1Cl. The lowest BCUT2D eigenvalue weighted by Gasteiger charge is -2.11. The molecule has 0 aliphatic rings. The highest BCUT2D eigenvalue weighted by Crippen LogP contribution is 2.14. The van der Waals surface area contributed by atoms with E-state index in [1.807, 2.05) is 48.5 Å². The van der Waals surface area contributed by atoms with Crippen molar-refractivity contribution in [2.24, 2.45) is 4.99 Å². The average molecular weight is 356 g/mol. The van der Waals surface area contributed by atoms with Crippen LogP contribution in [0.2, 0.25) is 5.02 Å². The van der Waals surface area contributed by atoms with Crippen LogP contribution in [0, 0.1) is 0 Å². The van der Waals surface area contributed by atoms with Gasteiger partial charge in [-0.2, -0.15) is 0 Å². The Kier molecular flexibility index (Phi) is 5.90. The van der Waals surface area contributed by atoms with Gasteiger partial charge in [0.15, 0.2) is 5.96 Å². The minimum absolute atomic E-state index is 0.756.